The second-order valence-corrected chi connectivity index (χ2v) is 5.97. The summed E-state index contributed by atoms with van der Waals surface area (Å²) in [5, 5.41) is 0. The van der Waals surface area contributed by atoms with E-state index in [-0.39, 0.29) is 5.92 Å². The molecule has 1 amide bonds. The van der Waals surface area contributed by atoms with Gasteiger partial charge in [0.25, 0.3) is 0 Å². The molecule has 0 bridgehead atoms. The van der Waals surface area contributed by atoms with Crippen LogP contribution in [0.1, 0.15) is 31.2 Å². The van der Waals surface area contributed by atoms with Crippen molar-refractivity contribution in [3.05, 3.63) is 30.1 Å². The second-order valence-electron chi connectivity index (χ2n) is 5.97. The van der Waals surface area contributed by atoms with E-state index in [2.05, 4.69) is 20.9 Å². The van der Waals surface area contributed by atoms with Crippen LogP contribution in [0.25, 0.3) is 0 Å². The van der Waals surface area contributed by atoms with Crippen LogP contribution < -0.4 is 0 Å². The lowest BCUT2D eigenvalue weighted by Gasteiger charge is -2.33. The Morgan fingerprint density at radius 3 is 2.85 bits per heavy atom. The summed E-state index contributed by atoms with van der Waals surface area (Å²) in [5.74, 6) is 0.594. The number of nitrogens with zero attached hydrogens (tertiary/aromatic N) is 3. The van der Waals surface area contributed by atoms with Crippen molar-refractivity contribution < 1.29 is 4.79 Å². The lowest BCUT2D eigenvalue weighted by molar-refractivity contribution is -0.136. The standard InChI is InChI=1S/C16H23N3O/c20-16(19-9-1-2-10-19)15-6-4-8-18(13-15)12-14-5-3-7-17-11-14/h3,5,7,11,15H,1-2,4,6,8-10,12-13H2/t15-/m1/s1. The van der Waals surface area contributed by atoms with E-state index in [1.165, 1.54) is 18.4 Å². The Morgan fingerprint density at radius 1 is 1.25 bits per heavy atom. The van der Waals surface area contributed by atoms with Gasteiger partial charge in [0.15, 0.2) is 0 Å². The van der Waals surface area contributed by atoms with Crippen molar-refractivity contribution in [3.63, 3.8) is 0 Å². The Kier molecular flexibility index (Phi) is 4.31. The average molecular weight is 273 g/mol. The van der Waals surface area contributed by atoms with Gasteiger partial charge in [-0.3, -0.25) is 14.7 Å². The highest BCUT2D eigenvalue weighted by molar-refractivity contribution is 5.79. The molecule has 0 aliphatic carbocycles. The number of amides is 1. The molecule has 3 heterocycles. The summed E-state index contributed by atoms with van der Waals surface area (Å²) in [5.41, 5.74) is 1.24. The van der Waals surface area contributed by atoms with Crippen LogP contribution in [0.3, 0.4) is 0 Å². The first-order chi connectivity index (χ1) is 9.83. The zero-order valence-corrected chi connectivity index (χ0v) is 12.0. The molecule has 3 rings (SSSR count). The third kappa shape index (κ3) is 3.18. The van der Waals surface area contributed by atoms with Crippen molar-refractivity contribution in [3.8, 4) is 0 Å². The zero-order valence-electron chi connectivity index (χ0n) is 12.0. The molecule has 20 heavy (non-hydrogen) atoms. The summed E-state index contributed by atoms with van der Waals surface area (Å²) < 4.78 is 0. The molecule has 2 aliphatic rings. The van der Waals surface area contributed by atoms with Crippen LogP contribution in [-0.4, -0.2) is 46.9 Å². The van der Waals surface area contributed by atoms with Crippen LogP contribution in [0.5, 0.6) is 0 Å². The summed E-state index contributed by atoms with van der Waals surface area (Å²) in [6.07, 6.45) is 8.27. The van der Waals surface area contributed by atoms with Crippen LogP contribution >= 0.6 is 0 Å². The highest BCUT2D eigenvalue weighted by atomic mass is 16.2. The van der Waals surface area contributed by atoms with Gasteiger partial charge < -0.3 is 4.90 Å². The summed E-state index contributed by atoms with van der Waals surface area (Å²) >= 11 is 0. The first-order valence-corrected chi connectivity index (χ1v) is 7.73. The van der Waals surface area contributed by atoms with Gasteiger partial charge in [-0.15, -0.1) is 0 Å². The molecule has 1 aromatic heterocycles. The van der Waals surface area contributed by atoms with Crippen LogP contribution in [0.4, 0.5) is 0 Å². The van der Waals surface area contributed by atoms with Gasteiger partial charge in [-0.25, -0.2) is 0 Å². The minimum absolute atomic E-state index is 0.207. The van der Waals surface area contributed by atoms with Gasteiger partial charge in [-0.05, 0) is 43.9 Å². The van der Waals surface area contributed by atoms with Gasteiger partial charge in [0, 0.05) is 38.6 Å². The van der Waals surface area contributed by atoms with E-state index in [1.807, 2.05) is 12.3 Å². The van der Waals surface area contributed by atoms with Gasteiger partial charge in [0.05, 0.1) is 5.92 Å². The quantitative estimate of drug-likeness (QED) is 0.844. The summed E-state index contributed by atoms with van der Waals surface area (Å²) in [4.78, 5) is 21.1. The van der Waals surface area contributed by atoms with Crippen molar-refractivity contribution >= 4 is 5.91 Å². The SMILES string of the molecule is O=C([C@@H]1CCCN(Cc2cccnc2)C1)N1CCCC1. The Balaban J connectivity index is 1.57. The largest absolute Gasteiger partial charge is 0.342 e. The molecule has 1 atom stereocenters. The van der Waals surface area contributed by atoms with Gasteiger partial charge >= 0.3 is 0 Å². The molecular formula is C16H23N3O. The van der Waals surface area contributed by atoms with E-state index in [0.29, 0.717) is 5.91 Å². The lowest BCUT2D eigenvalue weighted by Crippen LogP contribution is -2.43. The maximum atomic E-state index is 12.5. The maximum absolute atomic E-state index is 12.5. The fourth-order valence-corrected chi connectivity index (χ4v) is 3.35. The molecule has 4 nitrogen and oxygen atoms in total. The number of pyridine rings is 1. The van der Waals surface area contributed by atoms with Crippen molar-refractivity contribution in [1.82, 2.24) is 14.8 Å². The van der Waals surface area contributed by atoms with E-state index < -0.39 is 0 Å². The third-order valence-electron chi connectivity index (χ3n) is 4.40. The van der Waals surface area contributed by atoms with Gasteiger partial charge in [-0.1, -0.05) is 6.07 Å². The van der Waals surface area contributed by atoms with Crippen LogP contribution in [0.15, 0.2) is 24.5 Å². The molecule has 0 radical (unpaired) electrons. The molecule has 2 aliphatic heterocycles. The van der Waals surface area contributed by atoms with Gasteiger partial charge in [0.2, 0.25) is 5.91 Å². The molecule has 108 valence electrons. The fraction of sp³-hybridized carbons (Fsp3) is 0.625. The van der Waals surface area contributed by atoms with E-state index in [9.17, 15) is 4.79 Å². The molecule has 0 aromatic carbocycles. The molecule has 0 N–H and O–H groups in total. The minimum atomic E-state index is 0.207. The number of hydrogen-bond acceptors (Lipinski definition) is 3. The fourth-order valence-electron chi connectivity index (χ4n) is 3.35. The number of piperidine rings is 1. The number of rotatable bonds is 3. The predicted octanol–water partition coefficient (Wildman–Crippen LogP) is 1.92. The van der Waals surface area contributed by atoms with E-state index in [1.54, 1.807) is 6.20 Å². The Bertz CT molecular complexity index is 442. The maximum Gasteiger partial charge on any atom is 0.226 e. The highest BCUT2D eigenvalue weighted by Crippen LogP contribution is 2.22. The Labute approximate surface area is 120 Å². The molecule has 0 saturated carbocycles. The van der Waals surface area contributed by atoms with E-state index in [4.69, 9.17) is 0 Å². The molecule has 2 fully saturated rings. The van der Waals surface area contributed by atoms with Crippen molar-refractivity contribution in [2.45, 2.75) is 32.2 Å². The Morgan fingerprint density at radius 2 is 2.10 bits per heavy atom. The monoisotopic (exact) mass is 273 g/mol. The number of carbonyl (C=O) groups is 1. The minimum Gasteiger partial charge on any atom is -0.342 e. The second kappa shape index (κ2) is 6.35. The number of likely N-dealkylation sites (tertiary alicyclic amines) is 2. The third-order valence-corrected chi connectivity index (χ3v) is 4.40. The van der Waals surface area contributed by atoms with Crippen molar-refractivity contribution in [1.29, 1.82) is 0 Å². The van der Waals surface area contributed by atoms with Crippen molar-refractivity contribution in [2.75, 3.05) is 26.2 Å². The first-order valence-electron chi connectivity index (χ1n) is 7.73. The molecular weight excluding hydrogens is 250 g/mol. The smallest absolute Gasteiger partial charge is 0.226 e. The first kappa shape index (κ1) is 13.6. The normalized spacial score (nSPS) is 24.0. The van der Waals surface area contributed by atoms with Gasteiger partial charge in [0.1, 0.15) is 0 Å². The topological polar surface area (TPSA) is 36.4 Å². The molecule has 1 aromatic rings. The van der Waals surface area contributed by atoms with Crippen LogP contribution in [0, 0.1) is 5.92 Å². The molecule has 4 heteroatoms. The summed E-state index contributed by atoms with van der Waals surface area (Å²) in [6.45, 7) is 4.86. The average Bonchev–Trinajstić information content (AvgIpc) is 3.02. The highest BCUT2D eigenvalue weighted by Gasteiger charge is 2.30. The molecule has 2 saturated heterocycles. The van der Waals surface area contributed by atoms with E-state index >= 15 is 0 Å². The lowest BCUT2D eigenvalue weighted by atomic mass is 9.96. The summed E-state index contributed by atoms with van der Waals surface area (Å²) in [6, 6.07) is 4.09. The van der Waals surface area contributed by atoms with E-state index in [0.717, 1.165) is 45.6 Å². The predicted molar refractivity (Wildman–Crippen MR) is 78.1 cm³/mol. The van der Waals surface area contributed by atoms with Crippen molar-refractivity contribution in [2.24, 2.45) is 5.92 Å². The Hall–Kier alpha value is -1.42. The number of carbonyl (C=O) groups excluding carboxylic acids is 1. The number of aromatic nitrogens is 1. The molecule has 0 unspecified atom stereocenters. The van der Waals surface area contributed by atoms with Crippen LogP contribution in [-0.2, 0) is 11.3 Å². The summed E-state index contributed by atoms with van der Waals surface area (Å²) in [7, 11) is 0. The van der Waals surface area contributed by atoms with Crippen LogP contribution in [0.2, 0.25) is 0 Å². The zero-order chi connectivity index (χ0) is 13.8. The van der Waals surface area contributed by atoms with Gasteiger partial charge in [-0.2, -0.15) is 0 Å². The number of hydrogen-bond donors (Lipinski definition) is 0. The molecule has 0 spiro atoms.